The monoisotopic (exact) mass is 207 g/mol. The highest BCUT2D eigenvalue weighted by Crippen LogP contribution is 2.31. The normalized spacial score (nSPS) is 10.8. The number of benzene rings is 1. The van der Waals surface area contributed by atoms with Crippen molar-refractivity contribution in [1.82, 2.24) is 4.98 Å². The molecule has 0 unspecified atom stereocenters. The molecule has 0 radical (unpaired) electrons. The number of aryl methyl sites for hydroxylation is 2. The fourth-order valence-corrected chi connectivity index (χ4v) is 1.91. The zero-order valence-corrected chi connectivity index (χ0v) is 8.76. The molecule has 0 amide bonds. The first-order chi connectivity index (χ1) is 6.61. The van der Waals surface area contributed by atoms with Crippen molar-refractivity contribution in [3.63, 3.8) is 0 Å². The smallest absolute Gasteiger partial charge is 0.140 e. The topological polar surface area (TPSA) is 33.1 Å². The van der Waals surface area contributed by atoms with E-state index in [0.29, 0.717) is 10.7 Å². The highest BCUT2D eigenvalue weighted by Gasteiger charge is 2.09. The van der Waals surface area contributed by atoms with Crippen LogP contribution in [0.25, 0.3) is 10.9 Å². The van der Waals surface area contributed by atoms with Gasteiger partial charge in [0.15, 0.2) is 0 Å². The van der Waals surface area contributed by atoms with E-state index in [2.05, 4.69) is 4.98 Å². The molecule has 0 saturated heterocycles. The summed E-state index contributed by atoms with van der Waals surface area (Å²) in [6.45, 7) is 3.63. The first-order valence-electron chi connectivity index (χ1n) is 4.35. The molecule has 2 aromatic rings. The Morgan fingerprint density at radius 2 is 2.00 bits per heavy atom. The second-order valence-corrected chi connectivity index (χ2v) is 3.71. The number of aromatic nitrogens is 1. The highest BCUT2D eigenvalue weighted by molar-refractivity contribution is 6.35. The van der Waals surface area contributed by atoms with Crippen LogP contribution >= 0.6 is 11.6 Å². The van der Waals surface area contributed by atoms with Gasteiger partial charge >= 0.3 is 0 Å². The number of rotatable bonds is 0. The van der Waals surface area contributed by atoms with Crippen molar-refractivity contribution in [3.05, 3.63) is 34.5 Å². The van der Waals surface area contributed by atoms with Gasteiger partial charge in [0.05, 0.1) is 16.2 Å². The summed E-state index contributed by atoms with van der Waals surface area (Å²) in [5.74, 6) is 0.227. The molecule has 3 heteroatoms. The molecular formula is C11H10ClNO. The van der Waals surface area contributed by atoms with Gasteiger partial charge in [-0.15, -0.1) is 0 Å². The summed E-state index contributed by atoms with van der Waals surface area (Å²) < 4.78 is 0. The average molecular weight is 208 g/mol. The minimum absolute atomic E-state index is 0.227. The summed E-state index contributed by atoms with van der Waals surface area (Å²) in [6.07, 6.45) is 0. The lowest BCUT2D eigenvalue weighted by atomic mass is 10.1. The van der Waals surface area contributed by atoms with Crippen molar-refractivity contribution in [1.29, 1.82) is 0 Å². The number of hydrogen-bond donors (Lipinski definition) is 1. The molecule has 72 valence electrons. The van der Waals surface area contributed by atoms with Crippen LogP contribution < -0.4 is 0 Å². The predicted molar refractivity (Wildman–Crippen MR) is 57.9 cm³/mol. The van der Waals surface area contributed by atoms with Crippen molar-refractivity contribution in [2.24, 2.45) is 0 Å². The van der Waals surface area contributed by atoms with Crippen molar-refractivity contribution >= 4 is 22.5 Å². The average Bonchev–Trinajstić information content (AvgIpc) is 2.14. The van der Waals surface area contributed by atoms with Gasteiger partial charge in [-0.05, 0) is 26.0 Å². The highest BCUT2D eigenvalue weighted by atomic mass is 35.5. The van der Waals surface area contributed by atoms with Crippen LogP contribution in [-0.2, 0) is 0 Å². The maximum Gasteiger partial charge on any atom is 0.140 e. The maximum absolute atomic E-state index is 9.71. The molecule has 1 N–H and O–H groups in total. The molecule has 0 bridgehead atoms. The zero-order valence-electron chi connectivity index (χ0n) is 8.00. The Kier molecular flexibility index (Phi) is 2.08. The van der Waals surface area contributed by atoms with Crippen molar-refractivity contribution < 1.29 is 5.11 Å². The minimum atomic E-state index is 0.227. The van der Waals surface area contributed by atoms with Crippen LogP contribution in [0.1, 0.15) is 11.3 Å². The van der Waals surface area contributed by atoms with Crippen molar-refractivity contribution in [2.75, 3.05) is 0 Å². The molecule has 0 saturated carbocycles. The Balaban J connectivity index is 2.99. The van der Waals surface area contributed by atoms with Gasteiger partial charge in [-0.1, -0.05) is 17.7 Å². The Labute approximate surface area is 87.2 Å². The van der Waals surface area contributed by atoms with Crippen LogP contribution in [0, 0.1) is 13.8 Å². The largest absolute Gasteiger partial charge is 0.506 e. The quantitative estimate of drug-likeness (QED) is 0.720. The molecule has 1 heterocycles. The van der Waals surface area contributed by atoms with Gasteiger partial charge in [-0.25, -0.2) is 4.98 Å². The van der Waals surface area contributed by atoms with Gasteiger partial charge in [-0.2, -0.15) is 0 Å². The van der Waals surface area contributed by atoms with Gasteiger partial charge < -0.3 is 5.11 Å². The van der Waals surface area contributed by atoms with Gasteiger partial charge in [0, 0.05) is 10.9 Å². The zero-order chi connectivity index (χ0) is 10.3. The molecule has 14 heavy (non-hydrogen) atoms. The van der Waals surface area contributed by atoms with Crippen molar-refractivity contribution in [3.8, 4) is 5.75 Å². The van der Waals surface area contributed by atoms with Crippen LogP contribution in [0.15, 0.2) is 18.2 Å². The number of halogens is 1. The molecule has 0 aliphatic carbocycles. The Morgan fingerprint density at radius 3 is 2.71 bits per heavy atom. The number of fused-ring (bicyclic) bond motifs is 1. The molecule has 2 rings (SSSR count). The third-order valence-corrected chi connectivity index (χ3v) is 2.67. The first kappa shape index (κ1) is 9.28. The molecule has 0 aliphatic rings. The summed E-state index contributed by atoms with van der Waals surface area (Å²) in [7, 11) is 0. The summed E-state index contributed by atoms with van der Waals surface area (Å²) >= 11 is 6.04. The summed E-state index contributed by atoms with van der Waals surface area (Å²) in [5, 5.41) is 11.2. The van der Waals surface area contributed by atoms with E-state index in [4.69, 9.17) is 11.6 Å². The van der Waals surface area contributed by atoms with Gasteiger partial charge in [0.25, 0.3) is 0 Å². The molecule has 2 nitrogen and oxygen atoms in total. The summed E-state index contributed by atoms with van der Waals surface area (Å²) in [5.41, 5.74) is 2.25. The standard InChI is InChI=1S/C11H10ClNO/c1-6-10-8(12)4-3-5-9(10)13-7(2)11(6)14/h3-5,14H,1-2H3. The van der Waals surface area contributed by atoms with Crippen LogP contribution in [0.4, 0.5) is 0 Å². The van der Waals surface area contributed by atoms with Gasteiger partial charge in [-0.3, -0.25) is 0 Å². The molecule has 1 aromatic heterocycles. The molecule has 1 aromatic carbocycles. The van der Waals surface area contributed by atoms with Crippen LogP contribution in [0.2, 0.25) is 5.02 Å². The van der Waals surface area contributed by atoms with Gasteiger partial charge in [0.1, 0.15) is 5.75 Å². The van der Waals surface area contributed by atoms with E-state index in [1.54, 1.807) is 13.0 Å². The molecule has 0 atom stereocenters. The van der Waals surface area contributed by atoms with E-state index < -0.39 is 0 Å². The lowest BCUT2D eigenvalue weighted by Crippen LogP contribution is -1.89. The molecule has 0 spiro atoms. The fraction of sp³-hybridized carbons (Fsp3) is 0.182. The number of hydrogen-bond acceptors (Lipinski definition) is 2. The SMILES string of the molecule is Cc1nc2cccc(Cl)c2c(C)c1O. The van der Waals surface area contributed by atoms with E-state index >= 15 is 0 Å². The Morgan fingerprint density at radius 1 is 1.29 bits per heavy atom. The Bertz CT molecular complexity index is 508. The number of pyridine rings is 1. The number of nitrogens with zero attached hydrogens (tertiary/aromatic N) is 1. The molecular weight excluding hydrogens is 198 g/mol. The van der Waals surface area contributed by atoms with Crippen LogP contribution in [0.5, 0.6) is 5.75 Å². The van der Waals surface area contributed by atoms with Crippen LogP contribution in [0.3, 0.4) is 0 Å². The second kappa shape index (κ2) is 3.14. The second-order valence-electron chi connectivity index (χ2n) is 3.30. The van der Waals surface area contributed by atoms with E-state index in [9.17, 15) is 5.11 Å². The summed E-state index contributed by atoms with van der Waals surface area (Å²) in [4.78, 5) is 4.26. The number of aromatic hydroxyl groups is 1. The minimum Gasteiger partial charge on any atom is -0.506 e. The molecule has 0 fully saturated rings. The Hall–Kier alpha value is -1.28. The predicted octanol–water partition coefficient (Wildman–Crippen LogP) is 3.21. The molecule has 0 aliphatic heterocycles. The van der Waals surface area contributed by atoms with E-state index in [-0.39, 0.29) is 5.75 Å². The van der Waals surface area contributed by atoms with Crippen LogP contribution in [-0.4, -0.2) is 10.1 Å². The maximum atomic E-state index is 9.71. The van der Waals surface area contributed by atoms with E-state index in [0.717, 1.165) is 16.5 Å². The van der Waals surface area contributed by atoms with E-state index in [1.807, 2.05) is 19.1 Å². The lowest BCUT2D eigenvalue weighted by Gasteiger charge is -2.08. The third kappa shape index (κ3) is 1.23. The first-order valence-corrected chi connectivity index (χ1v) is 4.73. The fourth-order valence-electron chi connectivity index (χ4n) is 1.60. The summed E-state index contributed by atoms with van der Waals surface area (Å²) in [6, 6.07) is 5.54. The third-order valence-electron chi connectivity index (χ3n) is 2.35. The lowest BCUT2D eigenvalue weighted by molar-refractivity contribution is 0.465. The van der Waals surface area contributed by atoms with Crippen molar-refractivity contribution in [2.45, 2.75) is 13.8 Å². The van der Waals surface area contributed by atoms with E-state index in [1.165, 1.54) is 0 Å². The van der Waals surface area contributed by atoms with Gasteiger partial charge in [0.2, 0.25) is 0 Å².